The van der Waals surface area contributed by atoms with Gasteiger partial charge in [0.2, 0.25) is 5.91 Å². The van der Waals surface area contributed by atoms with Crippen LogP contribution >= 0.6 is 22.7 Å². The molecule has 1 aromatic carbocycles. The van der Waals surface area contributed by atoms with Crippen molar-refractivity contribution in [2.75, 3.05) is 13.6 Å². The number of nitrogens with zero attached hydrogens (tertiary/aromatic N) is 1. The fraction of sp³-hybridized carbons (Fsp3) is 0.211. The van der Waals surface area contributed by atoms with Crippen LogP contribution < -0.4 is 5.32 Å². The summed E-state index contributed by atoms with van der Waals surface area (Å²) in [7, 11) is 1.93. The summed E-state index contributed by atoms with van der Waals surface area (Å²) in [5, 5.41) is 7.08. The van der Waals surface area contributed by atoms with Gasteiger partial charge in [-0.3, -0.25) is 9.69 Å². The number of rotatable bonds is 7. The summed E-state index contributed by atoms with van der Waals surface area (Å²) in [6.45, 7) is 1.05. The van der Waals surface area contributed by atoms with Gasteiger partial charge in [-0.05, 0) is 47.6 Å². The number of hydrogen-bond donors (Lipinski definition) is 1. The van der Waals surface area contributed by atoms with E-state index >= 15 is 0 Å². The van der Waals surface area contributed by atoms with Crippen LogP contribution in [0.5, 0.6) is 0 Å². The van der Waals surface area contributed by atoms with E-state index in [0.717, 1.165) is 17.0 Å². The number of nitrogens with one attached hydrogen (secondary N) is 1. The largest absolute Gasteiger partial charge is 0.343 e. The SMILES string of the molecule is CN(CC(=O)N[C@H](c1ccc(F)cc1)c1cccs1)Cc1cccs1. The molecule has 3 nitrogen and oxygen atoms in total. The van der Waals surface area contributed by atoms with E-state index in [9.17, 15) is 9.18 Å². The maximum Gasteiger partial charge on any atom is 0.234 e. The van der Waals surface area contributed by atoms with Gasteiger partial charge < -0.3 is 5.32 Å². The first-order valence-electron chi connectivity index (χ1n) is 7.91. The molecule has 0 bridgehead atoms. The minimum absolute atomic E-state index is 0.0539. The van der Waals surface area contributed by atoms with Gasteiger partial charge in [0.15, 0.2) is 0 Å². The van der Waals surface area contributed by atoms with E-state index in [0.29, 0.717) is 6.54 Å². The van der Waals surface area contributed by atoms with Gasteiger partial charge >= 0.3 is 0 Å². The molecule has 3 rings (SSSR count). The minimum atomic E-state index is -0.282. The zero-order valence-electron chi connectivity index (χ0n) is 13.8. The molecule has 0 saturated carbocycles. The van der Waals surface area contributed by atoms with Gasteiger partial charge in [-0.15, -0.1) is 22.7 Å². The van der Waals surface area contributed by atoms with E-state index in [2.05, 4.69) is 11.4 Å². The van der Waals surface area contributed by atoms with Crippen molar-refractivity contribution in [1.29, 1.82) is 0 Å². The molecular weight excluding hydrogens is 355 g/mol. The summed E-state index contributed by atoms with van der Waals surface area (Å²) < 4.78 is 13.2. The molecule has 3 aromatic rings. The zero-order valence-corrected chi connectivity index (χ0v) is 15.4. The van der Waals surface area contributed by atoms with E-state index in [4.69, 9.17) is 0 Å². The summed E-state index contributed by atoms with van der Waals surface area (Å²) >= 11 is 3.26. The highest BCUT2D eigenvalue weighted by atomic mass is 32.1. The number of thiophene rings is 2. The molecular formula is C19H19FN2OS2. The second-order valence-electron chi connectivity index (χ2n) is 5.82. The van der Waals surface area contributed by atoms with Crippen molar-refractivity contribution in [3.05, 3.63) is 80.4 Å². The Morgan fingerprint density at radius 2 is 1.84 bits per heavy atom. The van der Waals surface area contributed by atoms with Crippen molar-refractivity contribution in [3.8, 4) is 0 Å². The van der Waals surface area contributed by atoms with Crippen LogP contribution in [0.4, 0.5) is 4.39 Å². The Morgan fingerprint density at radius 3 is 2.48 bits per heavy atom. The van der Waals surface area contributed by atoms with Gasteiger partial charge in [-0.2, -0.15) is 0 Å². The monoisotopic (exact) mass is 374 g/mol. The van der Waals surface area contributed by atoms with Crippen molar-refractivity contribution < 1.29 is 9.18 Å². The second-order valence-corrected chi connectivity index (χ2v) is 7.83. The summed E-state index contributed by atoms with van der Waals surface area (Å²) in [6.07, 6.45) is 0. The van der Waals surface area contributed by atoms with Crippen LogP contribution in [0.15, 0.2) is 59.3 Å². The average Bonchev–Trinajstić information content (AvgIpc) is 3.27. The highest BCUT2D eigenvalue weighted by Gasteiger charge is 2.19. The van der Waals surface area contributed by atoms with Crippen LogP contribution in [0.1, 0.15) is 21.4 Å². The third-order valence-electron chi connectivity index (χ3n) is 3.76. The zero-order chi connectivity index (χ0) is 17.6. The van der Waals surface area contributed by atoms with E-state index < -0.39 is 0 Å². The third-order valence-corrected chi connectivity index (χ3v) is 5.55. The molecule has 0 aliphatic rings. The smallest absolute Gasteiger partial charge is 0.234 e. The van der Waals surface area contributed by atoms with Gasteiger partial charge in [0, 0.05) is 16.3 Å². The van der Waals surface area contributed by atoms with Crippen molar-refractivity contribution in [2.24, 2.45) is 0 Å². The summed E-state index contributed by atoms with van der Waals surface area (Å²) in [4.78, 5) is 16.7. The lowest BCUT2D eigenvalue weighted by Gasteiger charge is -2.21. The number of carbonyl (C=O) groups is 1. The highest BCUT2D eigenvalue weighted by Crippen LogP contribution is 2.26. The molecule has 0 radical (unpaired) electrons. The lowest BCUT2D eigenvalue weighted by atomic mass is 10.1. The van der Waals surface area contributed by atoms with Gasteiger partial charge in [-0.25, -0.2) is 4.39 Å². The summed E-state index contributed by atoms with van der Waals surface area (Å²) in [5.41, 5.74) is 0.873. The number of hydrogen-bond acceptors (Lipinski definition) is 4. The Kier molecular flexibility index (Phi) is 5.96. The Hall–Kier alpha value is -2.02. The number of amides is 1. The average molecular weight is 375 g/mol. The maximum absolute atomic E-state index is 13.2. The van der Waals surface area contributed by atoms with Crippen LogP contribution in [0.2, 0.25) is 0 Å². The molecule has 1 atom stereocenters. The van der Waals surface area contributed by atoms with Crippen LogP contribution in [0, 0.1) is 5.82 Å². The molecule has 0 aliphatic heterocycles. The Morgan fingerprint density at radius 1 is 1.12 bits per heavy atom. The van der Waals surface area contributed by atoms with Crippen LogP contribution in [0.25, 0.3) is 0 Å². The second kappa shape index (κ2) is 8.38. The molecule has 6 heteroatoms. The first-order chi connectivity index (χ1) is 12.1. The topological polar surface area (TPSA) is 32.3 Å². The number of halogens is 1. The van der Waals surface area contributed by atoms with E-state index in [-0.39, 0.29) is 17.8 Å². The Labute approximate surface area is 154 Å². The van der Waals surface area contributed by atoms with Gasteiger partial charge in [0.25, 0.3) is 0 Å². The lowest BCUT2D eigenvalue weighted by Crippen LogP contribution is -2.37. The predicted octanol–water partition coefficient (Wildman–Crippen LogP) is 4.29. The summed E-state index contributed by atoms with van der Waals surface area (Å²) in [6, 6.07) is 14.0. The fourth-order valence-electron chi connectivity index (χ4n) is 2.61. The molecule has 25 heavy (non-hydrogen) atoms. The number of benzene rings is 1. The highest BCUT2D eigenvalue weighted by molar-refractivity contribution is 7.10. The fourth-order valence-corrected chi connectivity index (χ4v) is 4.19. The molecule has 1 N–H and O–H groups in total. The van der Waals surface area contributed by atoms with Crippen molar-refractivity contribution >= 4 is 28.6 Å². The Bertz CT molecular complexity index is 785. The van der Waals surface area contributed by atoms with Crippen LogP contribution in [-0.4, -0.2) is 24.4 Å². The first kappa shape index (κ1) is 17.8. The quantitative estimate of drug-likeness (QED) is 0.669. The standard InChI is InChI=1S/C19H19FN2OS2/c1-22(12-16-4-2-10-24-16)13-18(23)21-19(17-5-3-11-25-17)14-6-8-15(20)9-7-14/h2-11,19H,12-13H2,1H3,(H,21,23)/t19-/m1/s1. The molecule has 0 spiro atoms. The van der Waals surface area contributed by atoms with Gasteiger partial charge in [0.1, 0.15) is 5.82 Å². The van der Waals surface area contributed by atoms with Crippen molar-refractivity contribution in [2.45, 2.75) is 12.6 Å². The van der Waals surface area contributed by atoms with Crippen LogP contribution in [0.3, 0.4) is 0 Å². The van der Waals surface area contributed by atoms with E-state index in [1.165, 1.54) is 17.0 Å². The molecule has 0 aliphatic carbocycles. The van der Waals surface area contributed by atoms with E-state index in [1.807, 2.05) is 40.9 Å². The van der Waals surface area contributed by atoms with Crippen molar-refractivity contribution in [1.82, 2.24) is 10.2 Å². The van der Waals surface area contributed by atoms with E-state index in [1.54, 1.807) is 34.8 Å². The predicted molar refractivity (Wildman–Crippen MR) is 101 cm³/mol. The minimum Gasteiger partial charge on any atom is -0.343 e. The first-order valence-corrected chi connectivity index (χ1v) is 9.67. The Balaban J connectivity index is 1.67. The molecule has 130 valence electrons. The maximum atomic E-state index is 13.2. The molecule has 0 unspecified atom stereocenters. The number of carbonyl (C=O) groups excluding carboxylic acids is 1. The molecule has 0 fully saturated rings. The van der Waals surface area contributed by atoms with Gasteiger partial charge in [-0.1, -0.05) is 24.3 Å². The molecule has 2 aromatic heterocycles. The molecule has 1 amide bonds. The van der Waals surface area contributed by atoms with Crippen molar-refractivity contribution in [3.63, 3.8) is 0 Å². The molecule has 0 saturated heterocycles. The normalized spacial score (nSPS) is 12.3. The number of likely N-dealkylation sites (N-methyl/N-ethyl adjacent to an activating group) is 1. The van der Waals surface area contributed by atoms with Crippen LogP contribution in [-0.2, 0) is 11.3 Å². The lowest BCUT2D eigenvalue weighted by molar-refractivity contribution is -0.122. The van der Waals surface area contributed by atoms with Gasteiger partial charge in [0.05, 0.1) is 12.6 Å². The summed E-state index contributed by atoms with van der Waals surface area (Å²) in [5.74, 6) is -0.336. The molecule has 2 heterocycles. The third kappa shape index (κ3) is 4.98.